The van der Waals surface area contributed by atoms with Crippen LogP contribution in [-0.2, 0) is 11.3 Å². The zero-order chi connectivity index (χ0) is 9.97. The van der Waals surface area contributed by atoms with Gasteiger partial charge in [0.15, 0.2) is 0 Å². The van der Waals surface area contributed by atoms with Crippen molar-refractivity contribution in [2.45, 2.75) is 13.3 Å². The standard InChI is InChI=1S/C11H13NO2/c1-8-6-10-7-9(4-5-13-12)2-3-11(10)14-8/h2-3,6-7H,4-5,12H2,1H3. The van der Waals surface area contributed by atoms with Crippen molar-refractivity contribution in [2.24, 2.45) is 5.90 Å². The van der Waals surface area contributed by atoms with E-state index in [2.05, 4.69) is 10.9 Å². The van der Waals surface area contributed by atoms with Gasteiger partial charge in [0, 0.05) is 5.39 Å². The maximum atomic E-state index is 5.47. The third-order valence-electron chi connectivity index (χ3n) is 2.21. The fourth-order valence-corrected chi connectivity index (χ4v) is 1.56. The first-order chi connectivity index (χ1) is 6.79. The summed E-state index contributed by atoms with van der Waals surface area (Å²) in [6.07, 6.45) is 0.830. The summed E-state index contributed by atoms with van der Waals surface area (Å²) >= 11 is 0. The Kier molecular flexibility index (Phi) is 2.52. The molecule has 2 aromatic rings. The molecule has 0 atom stereocenters. The van der Waals surface area contributed by atoms with E-state index in [0.717, 1.165) is 23.2 Å². The summed E-state index contributed by atoms with van der Waals surface area (Å²) in [5.74, 6) is 5.91. The number of nitrogens with two attached hydrogens (primary N) is 1. The van der Waals surface area contributed by atoms with Crippen LogP contribution in [0.4, 0.5) is 0 Å². The van der Waals surface area contributed by atoms with E-state index in [0.29, 0.717) is 6.61 Å². The number of furan rings is 1. The Morgan fingerprint density at radius 1 is 1.36 bits per heavy atom. The maximum Gasteiger partial charge on any atom is 0.134 e. The molecule has 1 heterocycles. The van der Waals surface area contributed by atoms with E-state index in [-0.39, 0.29) is 0 Å². The lowest BCUT2D eigenvalue weighted by Gasteiger charge is -1.98. The van der Waals surface area contributed by atoms with E-state index in [9.17, 15) is 0 Å². The Hall–Kier alpha value is -1.32. The average Bonchev–Trinajstić information content (AvgIpc) is 2.54. The van der Waals surface area contributed by atoms with Crippen LogP contribution in [-0.4, -0.2) is 6.61 Å². The largest absolute Gasteiger partial charge is 0.461 e. The highest BCUT2D eigenvalue weighted by Crippen LogP contribution is 2.20. The van der Waals surface area contributed by atoms with Crippen molar-refractivity contribution in [1.82, 2.24) is 0 Å². The van der Waals surface area contributed by atoms with Crippen LogP contribution in [0.3, 0.4) is 0 Å². The summed E-state index contributed by atoms with van der Waals surface area (Å²) in [6.45, 7) is 2.49. The smallest absolute Gasteiger partial charge is 0.134 e. The van der Waals surface area contributed by atoms with Gasteiger partial charge in [0.1, 0.15) is 11.3 Å². The summed E-state index contributed by atoms with van der Waals surface area (Å²) in [6, 6.07) is 8.14. The first-order valence-electron chi connectivity index (χ1n) is 4.60. The SMILES string of the molecule is Cc1cc2cc(CCON)ccc2o1. The highest BCUT2D eigenvalue weighted by Gasteiger charge is 2.01. The normalized spacial score (nSPS) is 11.0. The van der Waals surface area contributed by atoms with Crippen molar-refractivity contribution < 1.29 is 9.25 Å². The highest BCUT2D eigenvalue weighted by molar-refractivity contribution is 5.78. The van der Waals surface area contributed by atoms with Gasteiger partial charge in [-0.3, -0.25) is 0 Å². The molecule has 3 heteroatoms. The predicted molar refractivity (Wildman–Crippen MR) is 54.8 cm³/mol. The number of fused-ring (bicyclic) bond motifs is 1. The Morgan fingerprint density at radius 3 is 3.00 bits per heavy atom. The molecule has 0 fully saturated rings. The van der Waals surface area contributed by atoms with Gasteiger partial charge in [-0.05, 0) is 37.1 Å². The topological polar surface area (TPSA) is 48.4 Å². The van der Waals surface area contributed by atoms with Crippen molar-refractivity contribution in [3.8, 4) is 0 Å². The Morgan fingerprint density at radius 2 is 2.21 bits per heavy atom. The van der Waals surface area contributed by atoms with Gasteiger partial charge in [0.05, 0.1) is 6.61 Å². The predicted octanol–water partition coefficient (Wildman–Crippen LogP) is 2.17. The maximum absolute atomic E-state index is 5.47. The fourth-order valence-electron chi connectivity index (χ4n) is 1.56. The Labute approximate surface area is 82.4 Å². The van der Waals surface area contributed by atoms with Crippen LogP contribution in [0.2, 0.25) is 0 Å². The fraction of sp³-hybridized carbons (Fsp3) is 0.273. The first kappa shape index (κ1) is 9.24. The van der Waals surface area contributed by atoms with Crippen LogP contribution in [0.1, 0.15) is 11.3 Å². The number of aryl methyl sites for hydroxylation is 1. The molecule has 3 nitrogen and oxygen atoms in total. The van der Waals surface area contributed by atoms with Gasteiger partial charge in [0.2, 0.25) is 0 Å². The van der Waals surface area contributed by atoms with E-state index < -0.39 is 0 Å². The summed E-state index contributed by atoms with van der Waals surface area (Å²) in [5.41, 5.74) is 2.14. The number of hydrogen-bond acceptors (Lipinski definition) is 3. The zero-order valence-corrected chi connectivity index (χ0v) is 8.12. The monoisotopic (exact) mass is 191 g/mol. The number of rotatable bonds is 3. The second-order valence-corrected chi connectivity index (χ2v) is 3.35. The van der Waals surface area contributed by atoms with Gasteiger partial charge in [-0.2, -0.15) is 0 Å². The van der Waals surface area contributed by atoms with Crippen LogP contribution < -0.4 is 5.90 Å². The lowest BCUT2D eigenvalue weighted by Crippen LogP contribution is -2.03. The highest BCUT2D eigenvalue weighted by atomic mass is 16.6. The molecule has 0 aliphatic carbocycles. The molecule has 0 saturated heterocycles. The molecule has 0 saturated carbocycles. The minimum Gasteiger partial charge on any atom is -0.461 e. The second-order valence-electron chi connectivity index (χ2n) is 3.35. The molecule has 0 aliphatic heterocycles. The zero-order valence-electron chi connectivity index (χ0n) is 8.12. The molecule has 0 amide bonds. The van der Waals surface area contributed by atoms with Crippen molar-refractivity contribution in [3.63, 3.8) is 0 Å². The minimum absolute atomic E-state index is 0.544. The summed E-state index contributed by atoms with van der Waals surface area (Å²) in [5, 5.41) is 1.14. The quantitative estimate of drug-likeness (QED) is 0.756. The van der Waals surface area contributed by atoms with Crippen molar-refractivity contribution in [1.29, 1.82) is 0 Å². The van der Waals surface area contributed by atoms with E-state index in [4.69, 9.17) is 10.3 Å². The lowest BCUT2D eigenvalue weighted by molar-refractivity contribution is 0.141. The summed E-state index contributed by atoms with van der Waals surface area (Å²) in [7, 11) is 0. The van der Waals surface area contributed by atoms with E-state index >= 15 is 0 Å². The van der Waals surface area contributed by atoms with Crippen LogP contribution in [0, 0.1) is 6.92 Å². The summed E-state index contributed by atoms with van der Waals surface area (Å²) in [4.78, 5) is 4.54. The molecular formula is C11H13NO2. The third kappa shape index (κ3) is 1.78. The molecule has 0 aliphatic rings. The molecule has 2 N–H and O–H groups in total. The van der Waals surface area contributed by atoms with E-state index in [1.54, 1.807) is 0 Å². The molecule has 1 aromatic heterocycles. The molecule has 14 heavy (non-hydrogen) atoms. The molecule has 0 bridgehead atoms. The molecule has 74 valence electrons. The lowest BCUT2D eigenvalue weighted by atomic mass is 10.1. The molecular weight excluding hydrogens is 178 g/mol. The van der Waals surface area contributed by atoms with Gasteiger partial charge in [0.25, 0.3) is 0 Å². The van der Waals surface area contributed by atoms with Crippen molar-refractivity contribution >= 4 is 11.0 Å². The van der Waals surface area contributed by atoms with Crippen molar-refractivity contribution in [3.05, 3.63) is 35.6 Å². The number of hydrogen-bond donors (Lipinski definition) is 1. The van der Waals surface area contributed by atoms with E-state index in [1.807, 2.05) is 25.1 Å². The van der Waals surface area contributed by atoms with Crippen molar-refractivity contribution in [2.75, 3.05) is 6.61 Å². The van der Waals surface area contributed by atoms with Gasteiger partial charge in [-0.15, -0.1) is 0 Å². The van der Waals surface area contributed by atoms with Gasteiger partial charge in [-0.1, -0.05) is 6.07 Å². The van der Waals surface area contributed by atoms with Gasteiger partial charge < -0.3 is 9.25 Å². The van der Waals surface area contributed by atoms with E-state index in [1.165, 1.54) is 5.56 Å². The average molecular weight is 191 g/mol. The van der Waals surface area contributed by atoms with Crippen LogP contribution in [0.25, 0.3) is 11.0 Å². The molecule has 0 radical (unpaired) electrons. The van der Waals surface area contributed by atoms with Crippen LogP contribution in [0.15, 0.2) is 28.7 Å². The number of benzene rings is 1. The molecule has 0 unspecified atom stereocenters. The molecule has 0 spiro atoms. The minimum atomic E-state index is 0.544. The van der Waals surface area contributed by atoms with Gasteiger partial charge in [-0.25, -0.2) is 5.90 Å². The molecule has 2 rings (SSSR count). The van der Waals surface area contributed by atoms with Crippen LogP contribution in [0.5, 0.6) is 0 Å². The molecule has 1 aromatic carbocycles. The summed E-state index contributed by atoms with van der Waals surface area (Å²) < 4.78 is 5.47. The van der Waals surface area contributed by atoms with Crippen LogP contribution >= 0.6 is 0 Å². The third-order valence-corrected chi connectivity index (χ3v) is 2.21. The first-order valence-corrected chi connectivity index (χ1v) is 4.60. The van der Waals surface area contributed by atoms with Gasteiger partial charge >= 0.3 is 0 Å². The Bertz CT molecular complexity index is 434. The second kappa shape index (κ2) is 3.82. The Balaban J connectivity index is 2.31.